The topological polar surface area (TPSA) is 71.5 Å². The fourth-order valence-corrected chi connectivity index (χ4v) is 2.27. The maximum atomic E-state index is 12.5. The van der Waals surface area contributed by atoms with E-state index >= 15 is 0 Å². The van der Waals surface area contributed by atoms with Gasteiger partial charge in [0.05, 0.1) is 5.69 Å². The number of aromatic nitrogens is 1. The minimum atomic E-state index is -0.547. The maximum Gasteiger partial charge on any atom is 0.266 e. The number of hydrogen-bond acceptors (Lipinski definition) is 5. The Kier molecular flexibility index (Phi) is 5.14. The zero-order chi connectivity index (χ0) is 17.9. The van der Waals surface area contributed by atoms with Crippen molar-refractivity contribution in [1.29, 1.82) is 0 Å². The summed E-state index contributed by atoms with van der Waals surface area (Å²) in [7, 11) is 0. The molecule has 0 bridgehead atoms. The van der Waals surface area contributed by atoms with Gasteiger partial charge in [0.25, 0.3) is 11.8 Å². The van der Waals surface area contributed by atoms with Gasteiger partial charge in [-0.25, -0.2) is 4.98 Å². The van der Waals surface area contributed by atoms with Crippen LogP contribution >= 0.6 is 12.2 Å². The maximum absolute atomic E-state index is 12.5. The molecule has 1 aliphatic heterocycles. The summed E-state index contributed by atoms with van der Waals surface area (Å²) >= 11 is 5.01. The third-order valence-corrected chi connectivity index (χ3v) is 3.27. The van der Waals surface area contributed by atoms with Crippen molar-refractivity contribution < 1.29 is 14.3 Å². The number of nitrogens with zero attached hydrogens (tertiary/aromatic N) is 2. The Balaban J connectivity index is 2.33. The Hall–Kier alpha value is -2.54. The van der Waals surface area contributed by atoms with Crippen molar-refractivity contribution in [2.75, 3.05) is 6.54 Å². The van der Waals surface area contributed by atoms with Crippen molar-refractivity contribution in [2.24, 2.45) is 0 Å². The summed E-state index contributed by atoms with van der Waals surface area (Å²) in [6, 6.07) is 5.15. The van der Waals surface area contributed by atoms with Crippen LogP contribution in [0.15, 0.2) is 36.4 Å². The molecule has 1 saturated heterocycles. The molecule has 6 nitrogen and oxygen atoms in total. The molecular formula is C17H19N3O3S. The molecule has 7 heteroatoms. The SMILES string of the molecule is C=CCN1C(=O)/C(=C/c2cccc(OC(C)(C)C)n2)C(=O)NC1=S. The number of carbonyl (C=O) groups excluding carboxylic acids is 2. The van der Waals surface area contributed by atoms with E-state index in [4.69, 9.17) is 17.0 Å². The molecule has 24 heavy (non-hydrogen) atoms. The number of rotatable bonds is 4. The van der Waals surface area contributed by atoms with Crippen molar-refractivity contribution >= 4 is 35.2 Å². The Morgan fingerprint density at radius 2 is 2.08 bits per heavy atom. The van der Waals surface area contributed by atoms with E-state index in [0.717, 1.165) is 0 Å². The second-order valence-electron chi connectivity index (χ2n) is 6.14. The van der Waals surface area contributed by atoms with Crippen LogP contribution in [0.3, 0.4) is 0 Å². The Bertz CT molecular complexity index is 735. The van der Waals surface area contributed by atoms with Gasteiger partial charge in [-0.3, -0.25) is 19.8 Å². The van der Waals surface area contributed by atoms with E-state index in [1.165, 1.54) is 17.1 Å². The molecule has 1 aromatic rings. The standard InChI is InChI=1S/C17H19N3O3S/c1-5-9-20-15(22)12(14(21)19-16(20)24)10-11-7-6-8-13(18-11)23-17(2,3)4/h5-8,10H,1,9H2,2-4H3,(H,19,21,24)/b12-10+. The summed E-state index contributed by atoms with van der Waals surface area (Å²) in [6.45, 7) is 9.53. The highest BCUT2D eigenvalue weighted by molar-refractivity contribution is 7.80. The molecule has 126 valence electrons. The third kappa shape index (κ3) is 4.26. The smallest absolute Gasteiger partial charge is 0.266 e. The van der Waals surface area contributed by atoms with E-state index in [2.05, 4.69) is 16.9 Å². The van der Waals surface area contributed by atoms with Crippen LogP contribution in [0, 0.1) is 0 Å². The van der Waals surface area contributed by atoms with Crippen molar-refractivity contribution in [1.82, 2.24) is 15.2 Å². The van der Waals surface area contributed by atoms with E-state index in [-0.39, 0.29) is 17.2 Å². The summed E-state index contributed by atoms with van der Waals surface area (Å²) in [5.74, 6) is -0.610. The summed E-state index contributed by atoms with van der Waals surface area (Å²) in [4.78, 5) is 30.1. The first kappa shape index (κ1) is 17.8. The van der Waals surface area contributed by atoms with Gasteiger partial charge < -0.3 is 4.74 Å². The van der Waals surface area contributed by atoms with E-state index in [1.54, 1.807) is 18.2 Å². The highest BCUT2D eigenvalue weighted by atomic mass is 32.1. The number of nitrogens with one attached hydrogen (secondary N) is 1. The number of amides is 2. The number of hydrogen-bond donors (Lipinski definition) is 1. The molecule has 0 atom stereocenters. The average Bonchev–Trinajstić information content (AvgIpc) is 2.46. The lowest BCUT2D eigenvalue weighted by Gasteiger charge is -2.27. The van der Waals surface area contributed by atoms with Crippen LogP contribution in [0.1, 0.15) is 26.5 Å². The molecule has 0 spiro atoms. The molecule has 0 radical (unpaired) electrons. The van der Waals surface area contributed by atoms with Crippen LogP contribution in [-0.2, 0) is 9.59 Å². The van der Waals surface area contributed by atoms with Gasteiger partial charge in [0.1, 0.15) is 11.2 Å². The number of thiocarbonyl (C=S) groups is 1. The predicted octanol–water partition coefficient (Wildman–Crippen LogP) is 2.07. The molecule has 2 amide bonds. The van der Waals surface area contributed by atoms with E-state index in [9.17, 15) is 9.59 Å². The molecule has 0 saturated carbocycles. The van der Waals surface area contributed by atoms with Crippen molar-refractivity contribution in [2.45, 2.75) is 26.4 Å². The van der Waals surface area contributed by atoms with Gasteiger partial charge >= 0.3 is 0 Å². The van der Waals surface area contributed by atoms with Gasteiger partial charge in [-0.05, 0) is 45.1 Å². The Morgan fingerprint density at radius 3 is 2.71 bits per heavy atom. The van der Waals surface area contributed by atoms with Crippen LogP contribution in [0.5, 0.6) is 5.88 Å². The van der Waals surface area contributed by atoms with Crippen LogP contribution in [0.25, 0.3) is 6.08 Å². The molecule has 1 fully saturated rings. The second kappa shape index (κ2) is 6.92. The van der Waals surface area contributed by atoms with Crippen molar-refractivity contribution in [3.05, 3.63) is 42.1 Å². The van der Waals surface area contributed by atoms with Gasteiger partial charge in [-0.15, -0.1) is 6.58 Å². The van der Waals surface area contributed by atoms with Gasteiger partial charge in [0.15, 0.2) is 5.11 Å². The lowest BCUT2D eigenvalue weighted by atomic mass is 10.1. The first-order valence-electron chi connectivity index (χ1n) is 7.37. The Labute approximate surface area is 146 Å². The summed E-state index contributed by atoms with van der Waals surface area (Å²) in [5.41, 5.74) is 0.0106. The molecule has 1 N–H and O–H groups in total. The van der Waals surface area contributed by atoms with Gasteiger partial charge in [0.2, 0.25) is 5.88 Å². The molecule has 2 rings (SSSR count). The van der Waals surface area contributed by atoms with E-state index < -0.39 is 17.4 Å². The van der Waals surface area contributed by atoms with Gasteiger partial charge in [0, 0.05) is 12.6 Å². The molecule has 1 aromatic heterocycles. The lowest BCUT2D eigenvalue weighted by molar-refractivity contribution is -0.128. The van der Waals surface area contributed by atoms with Crippen LogP contribution in [-0.4, -0.2) is 39.0 Å². The second-order valence-corrected chi connectivity index (χ2v) is 6.52. The highest BCUT2D eigenvalue weighted by Gasteiger charge is 2.32. The summed E-state index contributed by atoms with van der Waals surface area (Å²) < 4.78 is 5.69. The van der Waals surface area contributed by atoms with Crippen LogP contribution < -0.4 is 10.1 Å². The summed E-state index contributed by atoms with van der Waals surface area (Å²) in [5, 5.41) is 2.56. The van der Waals surface area contributed by atoms with Crippen molar-refractivity contribution in [3.63, 3.8) is 0 Å². The lowest BCUT2D eigenvalue weighted by Crippen LogP contribution is -2.53. The zero-order valence-corrected chi connectivity index (χ0v) is 14.6. The van der Waals surface area contributed by atoms with Gasteiger partial charge in [-0.2, -0.15) is 0 Å². The van der Waals surface area contributed by atoms with Crippen LogP contribution in [0.4, 0.5) is 0 Å². The zero-order valence-electron chi connectivity index (χ0n) is 13.8. The minimum Gasteiger partial charge on any atom is -0.472 e. The van der Waals surface area contributed by atoms with E-state index in [0.29, 0.717) is 11.6 Å². The predicted molar refractivity (Wildman–Crippen MR) is 95.2 cm³/mol. The monoisotopic (exact) mass is 345 g/mol. The fraction of sp³-hybridized carbons (Fsp3) is 0.294. The number of ether oxygens (including phenoxy) is 1. The van der Waals surface area contributed by atoms with Crippen LogP contribution in [0.2, 0.25) is 0 Å². The van der Waals surface area contributed by atoms with Gasteiger partial charge in [-0.1, -0.05) is 12.1 Å². The average molecular weight is 345 g/mol. The quantitative estimate of drug-likeness (QED) is 0.391. The Morgan fingerprint density at radius 1 is 1.38 bits per heavy atom. The summed E-state index contributed by atoms with van der Waals surface area (Å²) in [6.07, 6.45) is 2.96. The molecule has 2 heterocycles. The van der Waals surface area contributed by atoms with E-state index in [1.807, 2.05) is 20.8 Å². The third-order valence-electron chi connectivity index (χ3n) is 2.95. The molecule has 0 unspecified atom stereocenters. The largest absolute Gasteiger partial charge is 0.472 e. The molecular weight excluding hydrogens is 326 g/mol. The number of carbonyl (C=O) groups is 2. The fourth-order valence-electron chi connectivity index (χ4n) is 2.02. The molecule has 0 aliphatic carbocycles. The first-order chi connectivity index (χ1) is 11.2. The highest BCUT2D eigenvalue weighted by Crippen LogP contribution is 2.18. The molecule has 0 aromatic carbocycles. The normalized spacial score (nSPS) is 17.0. The minimum absolute atomic E-state index is 0.0362. The molecule has 1 aliphatic rings. The van der Waals surface area contributed by atoms with Crippen molar-refractivity contribution in [3.8, 4) is 5.88 Å². The number of pyridine rings is 1. The first-order valence-corrected chi connectivity index (χ1v) is 7.78.